The number of aromatic nitrogens is 3. The summed E-state index contributed by atoms with van der Waals surface area (Å²) in [6.45, 7) is 5.87. The van der Waals surface area contributed by atoms with Gasteiger partial charge in [-0.2, -0.15) is 0 Å². The minimum atomic E-state index is -0.866. The summed E-state index contributed by atoms with van der Waals surface area (Å²) in [5.74, 6) is 0.0430. The number of benzene rings is 2. The minimum absolute atomic E-state index is 0.0793. The largest absolute Gasteiger partial charge is 0.497 e. The highest BCUT2D eigenvalue weighted by Crippen LogP contribution is 2.33. The minimum Gasteiger partial charge on any atom is -0.497 e. The molecule has 9 heteroatoms. The lowest BCUT2D eigenvalue weighted by molar-refractivity contribution is -0.128. The number of carbonyl (C=O) groups is 2. The maximum absolute atomic E-state index is 14.0. The summed E-state index contributed by atoms with van der Waals surface area (Å²) in [7, 11) is 1.57. The highest BCUT2D eigenvalue weighted by Gasteiger charge is 2.36. The monoisotopic (exact) mass is 491 g/mol. The van der Waals surface area contributed by atoms with E-state index >= 15 is 0 Å². The molecule has 0 spiro atoms. The highest BCUT2D eigenvalue weighted by molar-refractivity contribution is 7.10. The molecule has 4 aromatic rings. The van der Waals surface area contributed by atoms with Gasteiger partial charge in [-0.25, -0.2) is 4.68 Å². The maximum atomic E-state index is 14.0. The summed E-state index contributed by atoms with van der Waals surface area (Å²) in [4.78, 5) is 30.0. The van der Waals surface area contributed by atoms with Crippen LogP contribution < -0.4 is 15.0 Å². The van der Waals surface area contributed by atoms with Crippen LogP contribution in [0.2, 0.25) is 0 Å². The van der Waals surface area contributed by atoms with Crippen LogP contribution in [0.5, 0.6) is 5.75 Å². The van der Waals surface area contributed by atoms with Crippen molar-refractivity contribution in [1.82, 2.24) is 20.3 Å². The number of ether oxygens (including phenoxy) is 1. The molecule has 4 rings (SSSR count). The van der Waals surface area contributed by atoms with E-state index in [0.29, 0.717) is 17.0 Å². The smallest absolute Gasteiger partial charge is 0.249 e. The zero-order chi connectivity index (χ0) is 25.0. The first-order valence-corrected chi connectivity index (χ1v) is 12.3. The van der Waals surface area contributed by atoms with Gasteiger partial charge < -0.3 is 10.1 Å². The normalized spacial score (nSPS) is 12.3. The molecular formula is C26H29N5O3S. The predicted octanol–water partition coefficient (Wildman–Crippen LogP) is 4.58. The van der Waals surface area contributed by atoms with Gasteiger partial charge >= 0.3 is 0 Å². The van der Waals surface area contributed by atoms with E-state index in [0.717, 1.165) is 16.8 Å². The second-order valence-corrected chi connectivity index (χ2v) is 9.82. The Labute approximate surface area is 208 Å². The molecule has 0 fully saturated rings. The molecule has 0 unspecified atom stereocenters. The molecule has 0 bridgehead atoms. The molecule has 0 aliphatic rings. The first-order chi connectivity index (χ1) is 16.8. The fraction of sp³-hybridized carbons (Fsp3) is 0.308. The molecule has 35 heavy (non-hydrogen) atoms. The van der Waals surface area contributed by atoms with E-state index in [-0.39, 0.29) is 18.4 Å². The fourth-order valence-electron chi connectivity index (χ4n) is 3.75. The number of carbonyl (C=O) groups excluding carboxylic acids is 2. The number of nitrogens with one attached hydrogen (secondary N) is 1. The summed E-state index contributed by atoms with van der Waals surface area (Å²) in [6.07, 6.45) is 0.744. The first kappa shape index (κ1) is 24.4. The second-order valence-electron chi connectivity index (χ2n) is 8.85. The predicted molar refractivity (Wildman–Crippen MR) is 138 cm³/mol. The Kier molecular flexibility index (Phi) is 7.16. The third-order valence-electron chi connectivity index (χ3n) is 5.97. The number of nitrogens with zero attached hydrogens (tertiary/aromatic N) is 4. The number of anilines is 1. The molecule has 8 nitrogen and oxygen atoms in total. The van der Waals surface area contributed by atoms with E-state index in [4.69, 9.17) is 4.74 Å². The van der Waals surface area contributed by atoms with Crippen LogP contribution >= 0.6 is 11.3 Å². The van der Waals surface area contributed by atoms with Crippen molar-refractivity contribution < 1.29 is 14.3 Å². The lowest BCUT2D eigenvalue weighted by Crippen LogP contribution is -2.50. The molecule has 0 aliphatic carbocycles. The lowest BCUT2D eigenvalue weighted by atomic mass is 10.0. The number of amides is 2. The van der Waals surface area contributed by atoms with Crippen LogP contribution in [-0.2, 0) is 16.1 Å². The zero-order valence-corrected chi connectivity index (χ0v) is 21.1. The summed E-state index contributed by atoms with van der Waals surface area (Å²) < 4.78 is 6.97. The molecule has 2 aromatic carbocycles. The standard InChI is InChI=1S/C26H29N5O3S/c1-5-26(2,3)27-25(33)24(22-14-9-15-35-22)31(18-10-8-11-19(16-18)34-4)23(32)17-30-21-13-7-6-12-20(21)28-29-30/h6-16,24H,5,17H2,1-4H3,(H,27,33)/t24-/m1/s1. The van der Waals surface area contributed by atoms with Crippen LogP contribution in [0.4, 0.5) is 5.69 Å². The average Bonchev–Trinajstić information content (AvgIpc) is 3.52. The molecular weight excluding hydrogens is 462 g/mol. The van der Waals surface area contributed by atoms with Crippen molar-refractivity contribution in [1.29, 1.82) is 0 Å². The topological polar surface area (TPSA) is 89.4 Å². The Bertz CT molecular complexity index is 1320. The number of fused-ring (bicyclic) bond motifs is 1. The lowest BCUT2D eigenvalue weighted by Gasteiger charge is -2.34. The molecule has 0 radical (unpaired) electrons. The van der Waals surface area contributed by atoms with Crippen molar-refractivity contribution in [2.45, 2.75) is 45.3 Å². The van der Waals surface area contributed by atoms with Gasteiger partial charge in [-0.3, -0.25) is 14.5 Å². The van der Waals surface area contributed by atoms with Gasteiger partial charge in [0.05, 0.1) is 12.6 Å². The van der Waals surface area contributed by atoms with Crippen molar-refractivity contribution in [3.05, 3.63) is 70.9 Å². The average molecular weight is 492 g/mol. The van der Waals surface area contributed by atoms with E-state index in [9.17, 15) is 9.59 Å². The molecule has 0 saturated carbocycles. The molecule has 2 aromatic heterocycles. The van der Waals surface area contributed by atoms with Crippen LogP contribution in [0.3, 0.4) is 0 Å². The number of thiophene rings is 1. The van der Waals surface area contributed by atoms with Gasteiger partial charge in [0, 0.05) is 22.2 Å². The van der Waals surface area contributed by atoms with Crippen LogP contribution in [0.25, 0.3) is 11.0 Å². The Morgan fingerprint density at radius 3 is 2.66 bits per heavy atom. The maximum Gasteiger partial charge on any atom is 0.249 e. The summed E-state index contributed by atoms with van der Waals surface area (Å²) in [5.41, 5.74) is 1.57. The number of hydrogen-bond acceptors (Lipinski definition) is 6. The third-order valence-corrected chi connectivity index (χ3v) is 6.89. The van der Waals surface area contributed by atoms with Gasteiger partial charge in [0.15, 0.2) is 0 Å². The summed E-state index contributed by atoms with van der Waals surface area (Å²) in [6, 6.07) is 17.5. The third kappa shape index (κ3) is 5.35. The van der Waals surface area contributed by atoms with Gasteiger partial charge in [0.25, 0.3) is 0 Å². The molecule has 2 heterocycles. The molecule has 1 N–H and O–H groups in total. The highest BCUT2D eigenvalue weighted by atomic mass is 32.1. The molecule has 182 valence electrons. The van der Waals surface area contributed by atoms with Gasteiger partial charge in [0.1, 0.15) is 23.9 Å². The number of para-hydroxylation sites is 1. The van der Waals surface area contributed by atoms with Crippen molar-refractivity contribution in [3.63, 3.8) is 0 Å². The van der Waals surface area contributed by atoms with Gasteiger partial charge in [-0.15, -0.1) is 16.4 Å². The Balaban J connectivity index is 1.79. The first-order valence-electron chi connectivity index (χ1n) is 11.4. The van der Waals surface area contributed by atoms with Crippen LogP contribution in [0, 0.1) is 0 Å². The Hall–Kier alpha value is -3.72. The van der Waals surface area contributed by atoms with Gasteiger partial charge in [-0.1, -0.05) is 36.4 Å². The van der Waals surface area contributed by atoms with E-state index in [1.54, 1.807) is 36.1 Å². The Morgan fingerprint density at radius 2 is 1.94 bits per heavy atom. The zero-order valence-electron chi connectivity index (χ0n) is 20.3. The number of hydrogen-bond donors (Lipinski definition) is 1. The fourth-order valence-corrected chi connectivity index (χ4v) is 4.56. The van der Waals surface area contributed by atoms with E-state index < -0.39 is 11.6 Å². The van der Waals surface area contributed by atoms with Gasteiger partial charge in [0.2, 0.25) is 11.8 Å². The second kappa shape index (κ2) is 10.3. The molecule has 0 saturated heterocycles. The quantitative estimate of drug-likeness (QED) is 0.370. The van der Waals surface area contributed by atoms with E-state index in [2.05, 4.69) is 15.6 Å². The summed E-state index contributed by atoms with van der Waals surface area (Å²) >= 11 is 1.43. The van der Waals surface area contributed by atoms with Crippen molar-refractivity contribution in [3.8, 4) is 5.75 Å². The van der Waals surface area contributed by atoms with Crippen LogP contribution in [-0.4, -0.2) is 39.5 Å². The number of methoxy groups -OCH3 is 1. The van der Waals surface area contributed by atoms with Crippen LogP contribution in [0.1, 0.15) is 38.1 Å². The Morgan fingerprint density at radius 1 is 1.14 bits per heavy atom. The molecule has 1 atom stereocenters. The summed E-state index contributed by atoms with van der Waals surface area (Å²) in [5, 5.41) is 13.4. The van der Waals surface area contributed by atoms with Crippen molar-refractivity contribution in [2.24, 2.45) is 0 Å². The van der Waals surface area contributed by atoms with Crippen LogP contribution in [0.15, 0.2) is 66.0 Å². The molecule has 2 amide bonds. The van der Waals surface area contributed by atoms with Crippen molar-refractivity contribution >= 4 is 39.9 Å². The van der Waals surface area contributed by atoms with Crippen molar-refractivity contribution in [2.75, 3.05) is 12.0 Å². The van der Waals surface area contributed by atoms with E-state index in [1.807, 2.05) is 62.5 Å². The number of rotatable bonds is 9. The SMILES string of the molecule is CCC(C)(C)NC(=O)[C@@H](c1cccs1)N(C(=O)Cn1nnc2ccccc21)c1cccc(OC)c1. The van der Waals surface area contributed by atoms with E-state index in [1.165, 1.54) is 16.2 Å². The molecule has 0 aliphatic heterocycles. The van der Waals surface area contributed by atoms with Gasteiger partial charge in [-0.05, 0) is 56.0 Å².